The summed E-state index contributed by atoms with van der Waals surface area (Å²) < 4.78 is 12.9. The first-order valence-corrected chi connectivity index (χ1v) is 7.82. The first kappa shape index (κ1) is 16.0. The highest BCUT2D eigenvalue weighted by Gasteiger charge is 2.20. The molecule has 1 aliphatic heterocycles. The molecule has 1 aliphatic rings. The van der Waals surface area contributed by atoms with E-state index < -0.39 is 0 Å². The van der Waals surface area contributed by atoms with Crippen LogP contribution in [0.25, 0.3) is 0 Å². The number of hydrogen-bond donors (Lipinski definition) is 1. The number of carbonyl (C=O) groups excluding carboxylic acids is 1. The molecule has 2 atom stereocenters. The number of carbonyl (C=O) groups is 1. The summed E-state index contributed by atoms with van der Waals surface area (Å²) in [6.45, 7) is 7.06. The van der Waals surface area contributed by atoms with Crippen molar-refractivity contribution in [3.05, 3.63) is 35.6 Å². The number of rotatable bonds is 6. The topological polar surface area (TPSA) is 32.3 Å². The molecular weight excluding hydrogens is 267 g/mol. The number of nitrogens with zero attached hydrogens (tertiary/aromatic N) is 1. The lowest BCUT2D eigenvalue weighted by Crippen LogP contribution is -2.42. The second kappa shape index (κ2) is 7.55. The van der Waals surface area contributed by atoms with Gasteiger partial charge in [0, 0.05) is 18.5 Å². The van der Waals surface area contributed by atoms with Gasteiger partial charge in [0.2, 0.25) is 5.91 Å². The van der Waals surface area contributed by atoms with Crippen LogP contribution in [0.4, 0.5) is 4.39 Å². The normalized spacial score (nSPS) is 18.4. The molecule has 1 fully saturated rings. The largest absolute Gasteiger partial charge is 0.354 e. The Morgan fingerprint density at radius 1 is 1.24 bits per heavy atom. The van der Waals surface area contributed by atoms with E-state index in [0.717, 1.165) is 18.7 Å². The van der Waals surface area contributed by atoms with E-state index in [1.165, 1.54) is 25.0 Å². The zero-order chi connectivity index (χ0) is 15.2. The summed E-state index contributed by atoms with van der Waals surface area (Å²) in [6, 6.07) is 6.76. The molecule has 0 aromatic heterocycles. The predicted molar refractivity (Wildman–Crippen MR) is 82.5 cm³/mol. The Bertz CT molecular complexity index is 454. The van der Waals surface area contributed by atoms with E-state index in [2.05, 4.69) is 17.1 Å². The lowest BCUT2D eigenvalue weighted by Gasteiger charge is -2.24. The molecule has 1 saturated heterocycles. The Morgan fingerprint density at radius 3 is 2.48 bits per heavy atom. The molecule has 1 aromatic rings. The number of benzene rings is 1. The van der Waals surface area contributed by atoms with Crippen molar-refractivity contribution in [2.45, 2.75) is 39.2 Å². The summed E-state index contributed by atoms with van der Waals surface area (Å²) in [4.78, 5) is 14.6. The molecular formula is C17H25FN2O. The van der Waals surface area contributed by atoms with Gasteiger partial charge in [-0.3, -0.25) is 9.69 Å². The molecule has 0 spiro atoms. The molecule has 21 heavy (non-hydrogen) atoms. The fourth-order valence-corrected chi connectivity index (χ4v) is 2.80. The van der Waals surface area contributed by atoms with Crippen molar-refractivity contribution in [3.8, 4) is 0 Å². The van der Waals surface area contributed by atoms with Gasteiger partial charge in [-0.25, -0.2) is 4.39 Å². The van der Waals surface area contributed by atoms with Gasteiger partial charge in [-0.2, -0.15) is 0 Å². The SMILES string of the molecule is CC(Cc1ccc(F)cc1)C(=O)NCC(C)N1CCCC1. The molecule has 0 radical (unpaired) electrons. The van der Waals surface area contributed by atoms with Crippen molar-refractivity contribution in [3.63, 3.8) is 0 Å². The van der Waals surface area contributed by atoms with Gasteiger partial charge >= 0.3 is 0 Å². The van der Waals surface area contributed by atoms with Crippen molar-refractivity contribution in [2.75, 3.05) is 19.6 Å². The van der Waals surface area contributed by atoms with Crippen molar-refractivity contribution in [2.24, 2.45) is 5.92 Å². The summed E-state index contributed by atoms with van der Waals surface area (Å²) in [5.74, 6) is -0.262. The summed E-state index contributed by atoms with van der Waals surface area (Å²) in [6.07, 6.45) is 3.17. The van der Waals surface area contributed by atoms with Crippen LogP contribution in [0.2, 0.25) is 0 Å². The lowest BCUT2D eigenvalue weighted by molar-refractivity contribution is -0.124. The van der Waals surface area contributed by atoms with Crippen LogP contribution in [-0.2, 0) is 11.2 Å². The fraction of sp³-hybridized carbons (Fsp3) is 0.588. The van der Waals surface area contributed by atoms with Crippen LogP contribution in [0, 0.1) is 11.7 Å². The molecule has 2 rings (SSSR count). The monoisotopic (exact) mass is 292 g/mol. The molecule has 0 aliphatic carbocycles. The first-order chi connectivity index (χ1) is 10.1. The molecule has 2 unspecified atom stereocenters. The van der Waals surface area contributed by atoms with Gasteiger partial charge in [0.15, 0.2) is 0 Å². The van der Waals surface area contributed by atoms with Crippen LogP contribution in [-0.4, -0.2) is 36.5 Å². The van der Waals surface area contributed by atoms with E-state index in [1.54, 1.807) is 12.1 Å². The maximum atomic E-state index is 12.9. The van der Waals surface area contributed by atoms with E-state index in [4.69, 9.17) is 0 Å². The standard InChI is InChI=1S/C17H25FN2O/c1-13(11-15-5-7-16(18)8-6-15)17(21)19-12-14(2)20-9-3-4-10-20/h5-8,13-14H,3-4,9-12H2,1-2H3,(H,19,21). The average molecular weight is 292 g/mol. The van der Waals surface area contributed by atoms with Crippen LogP contribution < -0.4 is 5.32 Å². The van der Waals surface area contributed by atoms with Gasteiger partial charge in [-0.15, -0.1) is 0 Å². The number of amides is 1. The predicted octanol–water partition coefficient (Wildman–Crippen LogP) is 2.60. The number of halogens is 1. The lowest BCUT2D eigenvalue weighted by atomic mass is 10.0. The van der Waals surface area contributed by atoms with E-state index in [-0.39, 0.29) is 17.6 Å². The molecule has 3 nitrogen and oxygen atoms in total. The number of likely N-dealkylation sites (tertiary alicyclic amines) is 1. The van der Waals surface area contributed by atoms with E-state index in [1.807, 2.05) is 6.92 Å². The van der Waals surface area contributed by atoms with E-state index >= 15 is 0 Å². The van der Waals surface area contributed by atoms with Gasteiger partial charge in [-0.1, -0.05) is 19.1 Å². The van der Waals surface area contributed by atoms with Gasteiger partial charge in [-0.05, 0) is 57.0 Å². The Kier molecular flexibility index (Phi) is 5.74. The summed E-state index contributed by atoms with van der Waals surface area (Å²) in [5, 5.41) is 3.04. The number of hydrogen-bond acceptors (Lipinski definition) is 2. The third-order valence-corrected chi connectivity index (χ3v) is 4.24. The molecule has 0 saturated carbocycles. The Morgan fingerprint density at radius 2 is 1.86 bits per heavy atom. The maximum Gasteiger partial charge on any atom is 0.223 e. The van der Waals surface area contributed by atoms with Crippen LogP contribution in [0.15, 0.2) is 24.3 Å². The van der Waals surface area contributed by atoms with Crippen molar-refractivity contribution < 1.29 is 9.18 Å². The third kappa shape index (κ3) is 4.81. The highest BCUT2D eigenvalue weighted by atomic mass is 19.1. The van der Waals surface area contributed by atoms with Gasteiger partial charge in [0.05, 0.1) is 0 Å². The van der Waals surface area contributed by atoms with Crippen molar-refractivity contribution in [1.29, 1.82) is 0 Å². The Labute approximate surface area is 126 Å². The van der Waals surface area contributed by atoms with Crippen LogP contribution in [0.1, 0.15) is 32.3 Å². The smallest absolute Gasteiger partial charge is 0.223 e. The second-order valence-corrected chi connectivity index (χ2v) is 6.07. The van der Waals surface area contributed by atoms with Gasteiger partial charge in [0.25, 0.3) is 0 Å². The number of nitrogens with one attached hydrogen (secondary N) is 1. The molecule has 116 valence electrons. The average Bonchev–Trinajstić information content (AvgIpc) is 3.01. The van der Waals surface area contributed by atoms with E-state index in [9.17, 15) is 9.18 Å². The Hall–Kier alpha value is -1.42. The highest BCUT2D eigenvalue weighted by Crippen LogP contribution is 2.12. The zero-order valence-corrected chi connectivity index (χ0v) is 12.9. The fourth-order valence-electron chi connectivity index (χ4n) is 2.80. The summed E-state index contributed by atoms with van der Waals surface area (Å²) in [7, 11) is 0. The van der Waals surface area contributed by atoms with Gasteiger partial charge in [0.1, 0.15) is 5.82 Å². The molecule has 1 N–H and O–H groups in total. The minimum atomic E-state index is -0.240. The van der Waals surface area contributed by atoms with Crippen LogP contribution in [0.3, 0.4) is 0 Å². The molecule has 1 heterocycles. The van der Waals surface area contributed by atoms with E-state index in [0.29, 0.717) is 19.0 Å². The van der Waals surface area contributed by atoms with Crippen LogP contribution in [0.5, 0.6) is 0 Å². The molecule has 1 amide bonds. The van der Waals surface area contributed by atoms with Gasteiger partial charge < -0.3 is 5.32 Å². The Balaban J connectivity index is 1.75. The first-order valence-electron chi connectivity index (χ1n) is 7.82. The molecule has 0 bridgehead atoms. The van der Waals surface area contributed by atoms with Crippen LogP contribution >= 0.6 is 0 Å². The van der Waals surface area contributed by atoms with Crippen molar-refractivity contribution >= 4 is 5.91 Å². The maximum absolute atomic E-state index is 12.9. The quantitative estimate of drug-likeness (QED) is 0.874. The summed E-state index contributed by atoms with van der Waals surface area (Å²) in [5.41, 5.74) is 0.992. The summed E-state index contributed by atoms with van der Waals surface area (Å²) >= 11 is 0. The highest BCUT2D eigenvalue weighted by molar-refractivity contribution is 5.78. The minimum absolute atomic E-state index is 0.0744. The molecule has 1 aromatic carbocycles. The minimum Gasteiger partial charge on any atom is -0.354 e. The second-order valence-electron chi connectivity index (χ2n) is 6.07. The third-order valence-electron chi connectivity index (χ3n) is 4.24. The zero-order valence-electron chi connectivity index (χ0n) is 12.9. The molecule has 4 heteroatoms. The van der Waals surface area contributed by atoms with Crippen molar-refractivity contribution in [1.82, 2.24) is 10.2 Å².